The predicted molar refractivity (Wildman–Crippen MR) is 107 cm³/mol. The summed E-state index contributed by atoms with van der Waals surface area (Å²) < 4.78 is 5.10. The number of carbonyl (C=O) groups is 3. The van der Waals surface area contributed by atoms with Crippen LogP contribution in [0.1, 0.15) is 47.4 Å². The highest BCUT2D eigenvalue weighted by atomic mass is 35.5. The van der Waals surface area contributed by atoms with Crippen molar-refractivity contribution in [3.63, 3.8) is 0 Å². The molecule has 0 saturated carbocycles. The van der Waals surface area contributed by atoms with Gasteiger partial charge in [-0.05, 0) is 49.7 Å². The number of Topliss-reactive ketones (excluding diaryl/α,β-unsaturated/α-hetero) is 1. The van der Waals surface area contributed by atoms with Gasteiger partial charge < -0.3 is 10.1 Å². The van der Waals surface area contributed by atoms with E-state index < -0.39 is 28.5 Å². The van der Waals surface area contributed by atoms with E-state index in [1.165, 1.54) is 31.2 Å². The lowest BCUT2D eigenvalue weighted by Crippen LogP contribution is -2.25. The van der Waals surface area contributed by atoms with E-state index in [4.69, 9.17) is 16.3 Å². The molecule has 0 aliphatic carbocycles. The van der Waals surface area contributed by atoms with E-state index >= 15 is 0 Å². The van der Waals surface area contributed by atoms with Gasteiger partial charge in [0.05, 0.1) is 4.92 Å². The number of nitro benzene ring substituents is 1. The first kappa shape index (κ1) is 22.0. The summed E-state index contributed by atoms with van der Waals surface area (Å²) in [6.45, 7) is 3.27. The predicted octanol–water partition coefficient (Wildman–Crippen LogP) is 4.42. The summed E-state index contributed by atoms with van der Waals surface area (Å²) in [6, 6.07) is 9.67. The Morgan fingerprint density at radius 2 is 1.83 bits per heavy atom. The molecule has 1 unspecified atom stereocenters. The number of nitrogens with zero attached hydrogens (tertiary/aromatic N) is 1. The summed E-state index contributed by atoms with van der Waals surface area (Å²) >= 11 is 5.73. The number of carbonyl (C=O) groups excluding carboxylic acids is 3. The second-order valence-electron chi connectivity index (χ2n) is 6.21. The monoisotopic (exact) mass is 418 g/mol. The molecule has 8 nitrogen and oxygen atoms in total. The Bertz CT molecular complexity index is 942. The van der Waals surface area contributed by atoms with Gasteiger partial charge in [0, 0.05) is 28.8 Å². The molecule has 1 amide bonds. The molecule has 0 spiro atoms. The molecule has 2 aromatic rings. The second kappa shape index (κ2) is 9.79. The van der Waals surface area contributed by atoms with Gasteiger partial charge in [-0.1, -0.05) is 18.5 Å². The molecule has 0 fully saturated rings. The van der Waals surface area contributed by atoms with E-state index in [0.717, 1.165) is 12.5 Å². The molecule has 2 aromatic carbocycles. The maximum atomic E-state index is 12.5. The molecule has 0 aliphatic heterocycles. The van der Waals surface area contributed by atoms with Gasteiger partial charge in [-0.3, -0.25) is 19.7 Å². The van der Waals surface area contributed by atoms with Gasteiger partial charge >= 0.3 is 5.97 Å². The van der Waals surface area contributed by atoms with Gasteiger partial charge in [-0.2, -0.15) is 0 Å². The second-order valence-corrected chi connectivity index (χ2v) is 6.64. The third-order valence-electron chi connectivity index (χ3n) is 3.96. The van der Waals surface area contributed by atoms with Crippen LogP contribution in [0.15, 0.2) is 42.5 Å². The molecule has 29 heavy (non-hydrogen) atoms. The topological polar surface area (TPSA) is 116 Å². The number of esters is 1. The highest BCUT2D eigenvalue weighted by Crippen LogP contribution is 2.24. The van der Waals surface area contributed by atoms with Crippen LogP contribution in [0.3, 0.4) is 0 Å². The smallest absolute Gasteiger partial charge is 0.345 e. The van der Waals surface area contributed by atoms with Crippen LogP contribution < -0.4 is 5.32 Å². The first-order valence-electron chi connectivity index (χ1n) is 8.82. The van der Waals surface area contributed by atoms with Gasteiger partial charge in [0.15, 0.2) is 6.10 Å². The number of hydrogen-bond donors (Lipinski definition) is 1. The molecule has 1 N–H and O–H groups in total. The van der Waals surface area contributed by atoms with Crippen molar-refractivity contribution in [2.45, 2.75) is 32.8 Å². The van der Waals surface area contributed by atoms with Crippen LogP contribution in [0.5, 0.6) is 0 Å². The minimum Gasteiger partial charge on any atom is -0.450 e. The zero-order chi connectivity index (χ0) is 21.6. The number of ether oxygens (including phenoxy) is 1. The van der Waals surface area contributed by atoms with Crippen LogP contribution in [0.2, 0.25) is 5.02 Å². The number of nitro groups is 1. The number of rotatable bonds is 8. The lowest BCUT2D eigenvalue weighted by molar-refractivity contribution is -0.385. The first-order chi connectivity index (χ1) is 13.7. The van der Waals surface area contributed by atoms with Crippen molar-refractivity contribution in [2.24, 2.45) is 0 Å². The lowest BCUT2D eigenvalue weighted by Gasteiger charge is -2.13. The Morgan fingerprint density at radius 3 is 2.41 bits per heavy atom. The van der Waals surface area contributed by atoms with Crippen molar-refractivity contribution >= 4 is 40.6 Å². The molecule has 1 atom stereocenters. The van der Waals surface area contributed by atoms with Crippen LogP contribution in [-0.2, 0) is 9.53 Å². The molecule has 9 heteroatoms. The number of nitrogens with one attached hydrogen (secondary N) is 1. The van der Waals surface area contributed by atoms with Gasteiger partial charge in [0.2, 0.25) is 11.7 Å². The molecule has 0 saturated heterocycles. The standard InChI is InChI=1S/C20H19ClN2O6/c1-3-4-18(24)22-15-8-5-13(6-9-15)19(25)12(2)29-20(26)16-10-7-14(21)11-17(16)23(27)28/h5-12H,3-4H2,1-2H3,(H,22,24). The number of ketones is 1. The van der Waals surface area contributed by atoms with E-state index in [-0.39, 0.29) is 22.1 Å². The van der Waals surface area contributed by atoms with Gasteiger partial charge in [0.25, 0.3) is 5.69 Å². The number of amides is 1. The SMILES string of the molecule is CCCC(=O)Nc1ccc(C(=O)C(C)OC(=O)c2ccc(Cl)cc2[N+](=O)[O-])cc1. The molecular weight excluding hydrogens is 400 g/mol. The average Bonchev–Trinajstić information content (AvgIpc) is 2.67. The fraction of sp³-hybridized carbons (Fsp3) is 0.250. The van der Waals surface area contributed by atoms with Gasteiger partial charge in [-0.25, -0.2) is 4.79 Å². The average molecular weight is 419 g/mol. The van der Waals surface area contributed by atoms with Crippen molar-refractivity contribution in [1.82, 2.24) is 0 Å². The molecule has 2 rings (SSSR count). The number of anilines is 1. The minimum absolute atomic E-state index is 0.100. The molecule has 0 bridgehead atoms. The largest absolute Gasteiger partial charge is 0.450 e. The van der Waals surface area contributed by atoms with E-state index in [0.29, 0.717) is 12.1 Å². The zero-order valence-corrected chi connectivity index (χ0v) is 16.6. The molecule has 0 heterocycles. The van der Waals surface area contributed by atoms with Crippen molar-refractivity contribution < 1.29 is 24.0 Å². The van der Waals surface area contributed by atoms with Crippen molar-refractivity contribution in [3.8, 4) is 0 Å². The minimum atomic E-state index is -1.17. The zero-order valence-electron chi connectivity index (χ0n) is 15.8. The van der Waals surface area contributed by atoms with E-state index in [9.17, 15) is 24.5 Å². The van der Waals surface area contributed by atoms with Crippen LogP contribution in [0.4, 0.5) is 11.4 Å². The normalized spacial score (nSPS) is 11.4. The number of halogens is 1. The quantitative estimate of drug-likeness (QED) is 0.293. The molecule has 0 aliphatic rings. The Kier molecular flexibility index (Phi) is 7.44. The lowest BCUT2D eigenvalue weighted by atomic mass is 10.1. The number of benzene rings is 2. The Morgan fingerprint density at radius 1 is 1.17 bits per heavy atom. The third-order valence-corrected chi connectivity index (χ3v) is 4.19. The summed E-state index contributed by atoms with van der Waals surface area (Å²) in [5, 5.41) is 13.9. The van der Waals surface area contributed by atoms with Crippen LogP contribution in [-0.4, -0.2) is 28.7 Å². The Hall–Kier alpha value is -3.26. The van der Waals surface area contributed by atoms with E-state index in [1.807, 2.05) is 6.92 Å². The first-order valence-corrected chi connectivity index (χ1v) is 9.19. The van der Waals surface area contributed by atoms with Crippen LogP contribution in [0, 0.1) is 10.1 Å². The van der Waals surface area contributed by atoms with Crippen LogP contribution >= 0.6 is 11.6 Å². The summed E-state index contributed by atoms with van der Waals surface area (Å²) in [5.74, 6) is -1.61. The van der Waals surface area contributed by atoms with Crippen molar-refractivity contribution in [3.05, 3.63) is 68.7 Å². The van der Waals surface area contributed by atoms with E-state index in [2.05, 4.69) is 5.32 Å². The van der Waals surface area contributed by atoms with Crippen LogP contribution in [0.25, 0.3) is 0 Å². The maximum absolute atomic E-state index is 12.5. The summed E-state index contributed by atoms with van der Waals surface area (Å²) in [6.07, 6.45) is -0.0556. The number of hydrogen-bond acceptors (Lipinski definition) is 6. The molecule has 0 radical (unpaired) electrons. The Balaban J connectivity index is 2.08. The molecule has 0 aromatic heterocycles. The summed E-state index contributed by atoms with van der Waals surface area (Å²) in [4.78, 5) is 46.8. The summed E-state index contributed by atoms with van der Waals surface area (Å²) in [5.41, 5.74) is 0.00758. The van der Waals surface area contributed by atoms with Crippen molar-refractivity contribution in [1.29, 1.82) is 0 Å². The van der Waals surface area contributed by atoms with Gasteiger partial charge in [0.1, 0.15) is 5.56 Å². The highest BCUT2D eigenvalue weighted by molar-refractivity contribution is 6.31. The summed E-state index contributed by atoms with van der Waals surface area (Å²) in [7, 11) is 0. The fourth-order valence-electron chi connectivity index (χ4n) is 2.51. The van der Waals surface area contributed by atoms with Gasteiger partial charge in [-0.15, -0.1) is 0 Å². The van der Waals surface area contributed by atoms with E-state index in [1.54, 1.807) is 12.1 Å². The Labute approximate surface area is 172 Å². The maximum Gasteiger partial charge on any atom is 0.345 e. The van der Waals surface area contributed by atoms with Crippen molar-refractivity contribution in [2.75, 3.05) is 5.32 Å². The third kappa shape index (κ3) is 5.86. The fourth-order valence-corrected chi connectivity index (χ4v) is 2.68. The molecule has 152 valence electrons. The highest BCUT2D eigenvalue weighted by Gasteiger charge is 2.26. The molecular formula is C20H19ClN2O6.